The first-order chi connectivity index (χ1) is 12.5. The Kier molecular flexibility index (Phi) is 4.02. The van der Waals surface area contributed by atoms with Gasteiger partial charge in [-0.2, -0.15) is 10.2 Å². The van der Waals surface area contributed by atoms with Crippen molar-refractivity contribution >= 4 is 5.91 Å². The third-order valence-electron chi connectivity index (χ3n) is 4.99. The molecule has 1 aliphatic rings. The first-order valence-electron chi connectivity index (χ1n) is 8.70. The van der Waals surface area contributed by atoms with E-state index in [0.29, 0.717) is 5.82 Å². The van der Waals surface area contributed by atoms with Crippen LogP contribution in [-0.2, 0) is 24.2 Å². The van der Waals surface area contributed by atoms with E-state index in [4.69, 9.17) is 5.73 Å². The Morgan fingerprint density at radius 1 is 1.35 bits per heavy atom. The van der Waals surface area contributed by atoms with Gasteiger partial charge in [-0.05, 0) is 37.5 Å². The van der Waals surface area contributed by atoms with Crippen LogP contribution in [0.3, 0.4) is 0 Å². The first kappa shape index (κ1) is 16.4. The number of amides is 1. The van der Waals surface area contributed by atoms with E-state index in [1.54, 1.807) is 6.33 Å². The zero-order valence-electron chi connectivity index (χ0n) is 14.9. The van der Waals surface area contributed by atoms with Gasteiger partial charge in [0.25, 0.3) is 0 Å². The number of benzene rings is 1. The molecule has 0 bridgehead atoms. The summed E-state index contributed by atoms with van der Waals surface area (Å²) in [5, 5.41) is 8.84. The number of carbonyl (C=O) groups excluding carboxylic acids is 1. The van der Waals surface area contributed by atoms with Crippen molar-refractivity contribution in [3.8, 4) is 5.69 Å². The van der Waals surface area contributed by atoms with Crippen LogP contribution in [0.5, 0.6) is 0 Å². The standard InChI is InChI=1S/C18H21N7O/c1-11-4-3-5-14(12(11)2)25-18(22-16(23-25)9-15(19)26)13-6-7-24-17(8-13)20-10-21-24/h3-5,10,13H,6-9H2,1-2H3,(H2,19,26). The second-order valence-corrected chi connectivity index (χ2v) is 6.75. The Morgan fingerprint density at radius 3 is 3.00 bits per heavy atom. The predicted octanol–water partition coefficient (Wildman–Crippen LogP) is 1.23. The van der Waals surface area contributed by atoms with Crippen LogP contribution in [0.15, 0.2) is 24.5 Å². The van der Waals surface area contributed by atoms with Gasteiger partial charge in [0.05, 0.1) is 12.1 Å². The summed E-state index contributed by atoms with van der Waals surface area (Å²) in [6, 6.07) is 6.11. The Hall–Kier alpha value is -3.03. The summed E-state index contributed by atoms with van der Waals surface area (Å²) in [6.45, 7) is 4.94. The molecule has 3 heterocycles. The third kappa shape index (κ3) is 2.87. The zero-order valence-corrected chi connectivity index (χ0v) is 14.9. The molecule has 2 aromatic heterocycles. The number of hydrogen-bond donors (Lipinski definition) is 1. The smallest absolute Gasteiger partial charge is 0.225 e. The van der Waals surface area contributed by atoms with Crippen molar-refractivity contribution in [1.29, 1.82) is 0 Å². The first-order valence-corrected chi connectivity index (χ1v) is 8.70. The average molecular weight is 351 g/mol. The van der Waals surface area contributed by atoms with Gasteiger partial charge in [0.1, 0.15) is 18.0 Å². The van der Waals surface area contributed by atoms with Gasteiger partial charge in [-0.15, -0.1) is 0 Å². The zero-order chi connectivity index (χ0) is 18.3. The summed E-state index contributed by atoms with van der Waals surface area (Å²) < 4.78 is 3.80. The summed E-state index contributed by atoms with van der Waals surface area (Å²) in [4.78, 5) is 20.4. The normalized spacial score (nSPS) is 16.5. The van der Waals surface area contributed by atoms with Gasteiger partial charge in [0, 0.05) is 18.9 Å². The molecule has 4 rings (SSSR count). The number of carbonyl (C=O) groups is 1. The molecule has 1 aliphatic heterocycles. The van der Waals surface area contributed by atoms with E-state index in [1.807, 2.05) is 21.5 Å². The highest BCUT2D eigenvalue weighted by molar-refractivity contribution is 5.75. The minimum absolute atomic E-state index is 0.0355. The van der Waals surface area contributed by atoms with Crippen molar-refractivity contribution in [1.82, 2.24) is 29.5 Å². The van der Waals surface area contributed by atoms with E-state index in [2.05, 4.69) is 40.1 Å². The molecule has 3 aromatic rings. The molecule has 2 N–H and O–H groups in total. The average Bonchev–Trinajstić information content (AvgIpc) is 3.22. The fraction of sp³-hybridized carbons (Fsp3) is 0.389. The van der Waals surface area contributed by atoms with Gasteiger partial charge in [0.2, 0.25) is 5.91 Å². The number of nitrogens with zero attached hydrogens (tertiary/aromatic N) is 6. The third-order valence-corrected chi connectivity index (χ3v) is 4.99. The van der Waals surface area contributed by atoms with Crippen LogP contribution in [0.1, 0.15) is 40.9 Å². The maximum absolute atomic E-state index is 11.4. The summed E-state index contributed by atoms with van der Waals surface area (Å²) >= 11 is 0. The fourth-order valence-corrected chi connectivity index (χ4v) is 3.46. The lowest BCUT2D eigenvalue weighted by Crippen LogP contribution is -2.22. The molecule has 134 valence electrons. The monoisotopic (exact) mass is 351 g/mol. The molecule has 1 unspecified atom stereocenters. The summed E-state index contributed by atoms with van der Waals surface area (Å²) in [7, 11) is 0. The Labute approximate surface area is 151 Å². The van der Waals surface area contributed by atoms with E-state index in [-0.39, 0.29) is 12.3 Å². The molecule has 0 saturated carbocycles. The topological polar surface area (TPSA) is 105 Å². The minimum atomic E-state index is -0.432. The molecule has 0 spiro atoms. The lowest BCUT2D eigenvalue weighted by molar-refractivity contribution is -0.117. The maximum Gasteiger partial charge on any atom is 0.225 e. The largest absolute Gasteiger partial charge is 0.369 e. The quantitative estimate of drug-likeness (QED) is 0.761. The number of aromatic nitrogens is 6. The molecule has 1 aromatic carbocycles. The van der Waals surface area contributed by atoms with Crippen LogP contribution in [-0.4, -0.2) is 35.4 Å². The number of primary amides is 1. The minimum Gasteiger partial charge on any atom is -0.369 e. The molecule has 0 fully saturated rings. The highest BCUT2D eigenvalue weighted by atomic mass is 16.1. The fourth-order valence-electron chi connectivity index (χ4n) is 3.46. The summed E-state index contributed by atoms with van der Waals surface area (Å²) in [5.74, 6) is 2.00. The number of aryl methyl sites for hydroxylation is 2. The van der Waals surface area contributed by atoms with Crippen LogP contribution in [0.2, 0.25) is 0 Å². The lowest BCUT2D eigenvalue weighted by Gasteiger charge is -2.22. The van der Waals surface area contributed by atoms with E-state index in [0.717, 1.165) is 42.3 Å². The van der Waals surface area contributed by atoms with Crippen LogP contribution in [0.4, 0.5) is 0 Å². The molecular formula is C18H21N7O. The Balaban J connectivity index is 1.79. The Bertz CT molecular complexity index is 972. The van der Waals surface area contributed by atoms with E-state index >= 15 is 0 Å². The molecule has 8 heteroatoms. The molecule has 1 atom stereocenters. The second kappa shape index (κ2) is 6.36. The summed E-state index contributed by atoms with van der Waals surface area (Å²) in [6.07, 6.45) is 3.27. The molecular weight excluding hydrogens is 330 g/mol. The lowest BCUT2D eigenvalue weighted by atomic mass is 9.96. The second-order valence-electron chi connectivity index (χ2n) is 6.75. The van der Waals surface area contributed by atoms with Crippen molar-refractivity contribution in [2.45, 2.75) is 45.6 Å². The van der Waals surface area contributed by atoms with Crippen molar-refractivity contribution in [2.24, 2.45) is 5.73 Å². The number of nitrogens with two attached hydrogens (primary N) is 1. The highest BCUT2D eigenvalue weighted by Gasteiger charge is 2.28. The maximum atomic E-state index is 11.4. The summed E-state index contributed by atoms with van der Waals surface area (Å²) in [5.41, 5.74) is 8.66. The van der Waals surface area contributed by atoms with Crippen LogP contribution in [0.25, 0.3) is 5.69 Å². The van der Waals surface area contributed by atoms with Gasteiger partial charge in [-0.25, -0.2) is 14.6 Å². The molecule has 1 amide bonds. The van der Waals surface area contributed by atoms with Gasteiger partial charge in [-0.3, -0.25) is 9.48 Å². The van der Waals surface area contributed by atoms with E-state index < -0.39 is 5.91 Å². The van der Waals surface area contributed by atoms with Crippen molar-refractivity contribution in [3.05, 3.63) is 53.1 Å². The van der Waals surface area contributed by atoms with E-state index in [1.165, 1.54) is 5.56 Å². The van der Waals surface area contributed by atoms with Crippen molar-refractivity contribution < 1.29 is 4.79 Å². The highest BCUT2D eigenvalue weighted by Crippen LogP contribution is 2.30. The Morgan fingerprint density at radius 2 is 2.19 bits per heavy atom. The van der Waals surface area contributed by atoms with Gasteiger partial charge < -0.3 is 5.73 Å². The number of hydrogen-bond acceptors (Lipinski definition) is 5. The van der Waals surface area contributed by atoms with Gasteiger partial charge in [-0.1, -0.05) is 12.1 Å². The molecule has 26 heavy (non-hydrogen) atoms. The van der Waals surface area contributed by atoms with Crippen molar-refractivity contribution in [2.75, 3.05) is 0 Å². The van der Waals surface area contributed by atoms with Crippen LogP contribution >= 0.6 is 0 Å². The predicted molar refractivity (Wildman–Crippen MR) is 94.8 cm³/mol. The van der Waals surface area contributed by atoms with Crippen LogP contribution < -0.4 is 5.73 Å². The SMILES string of the molecule is Cc1cccc(-n2nc(CC(N)=O)nc2C2CCn3ncnc3C2)c1C. The van der Waals surface area contributed by atoms with Crippen LogP contribution in [0, 0.1) is 13.8 Å². The molecule has 0 radical (unpaired) electrons. The van der Waals surface area contributed by atoms with Gasteiger partial charge in [0.15, 0.2) is 5.82 Å². The van der Waals surface area contributed by atoms with Gasteiger partial charge >= 0.3 is 0 Å². The molecule has 8 nitrogen and oxygen atoms in total. The molecule has 0 saturated heterocycles. The van der Waals surface area contributed by atoms with E-state index in [9.17, 15) is 4.79 Å². The van der Waals surface area contributed by atoms with Crippen molar-refractivity contribution in [3.63, 3.8) is 0 Å². The molecule has 0 aliphatic carbocycles. The number of rotatable bonds is 4. The number of fused-ring (bicyclic) bond motifs is 1.